The summed E-state index contributed by atoms with van der Waals surface area (Å²) in [6.45, 7) is 2.25. The molecule has 0 radical (unpaired) electrons. The van der Waals surface area contributed by atoms with Gasteiger partial charge in [-0.2, -0.15) is 0 Å². The second-order valence-electron chi connectivity index (χ2n) is 4.95. The minimum absolute atomic E-state index is 0.0462. The summed E-state index contributed by atoms with van der Waals surface area (Å²) < 4.78 is 0. The quantitative estimate of drug-likeness (QED) is 0.560. The lowest BCUT2D eigenvalue weighted by molar-refractivity contribution is -0.384. The fourth-order valence-electron chi connectivity index (χ4n) is 1.79. The molecule has 0 saturated carbocycles. The molecule has 1 aromatic carbocycles. The van der Waals surface area contributed by atoms with Crippen LogP contribution in [-0.2, 0) is 16.0 Å². The average Bonchev–Trinajstić information content (AvgIpc) is 2.43. The van der Waals surface area contributed by atoms with Gasteiger partial charge in [0.15, 0.2) is 0 Å². The molecule has 1 unspecified atom stereocenters. The molecule has 0 aromatic heterocycles. The number of nitrogens with zero attached hydrogens (tertiary/aromatic N) is 1. The Morgan fingerprint density at radius 3 is 2.76 bits per heavy atom. The number of carboxylic acids is 1. The SMILES string of the molecule is CC(CCC(=O)O)CNC(=O)Cc1cccc([N+](=O)[O-])c1. The van der Waals surface area contributed by atoms with E-state index in [2.05, 4.69) is 5.32 Å². The number of amides is 1. The highest BCUT2D eigenvalue weighted by Gasteiger charge is 2.10. The molecule has 0 saturated heterocycles. The van der Waals surface area contributed by atoms with E-state index in [0.29, 0.717) is 18.5 Å². The third-order valence-electron chi connectivity index (χ3n) is 2.98. The van der Waals surface area contributed by atoms with Crippen LogP contribution >= 0.6 is 0 Å². The van der Waals surface area contributed by atoms with E-state index in [9.17, 15) is 19.7 Å². The largest absolute Gasteiger partial charge is 0.481 e. The van der Waals surface area contributed by atoms with Crippen molar-refractivity contribution in [3.63, 3.8) is 0 Å². The van der Waals surface area contributed by atoms with Gasteiger partial charge in [0.2, 0.25) is 5.91 Å². The Balaban J connectivity index is 2.41. The van der Waals surface area contributed by atoms with Crippen molar-refractivity contribution in [3.8, 4) is 0 Å². The lowest BCUT2D eigenvalue weighted by atomic mass is 10.1. The number of benzene rings is 1. The molecule has 1 rings (SSSR count). The number of carboxylic acid groups (broad SMARTS) is 1. The highest BCUT2D eigenvalue weighted by Crippen LogP contribution is 2.13. The Bertz CT molecular complexity index is 530. The standard InChI is InChI=1S/C14H18N2O5/c1-10(5-6-14(18)19)9-15-13(17)8-11-3-2-4-12(7-11)16(20)21/h2-4,7,10H,5-6,8-9H2,1H3,(H,15,17)(H,18,19). The Hall–Kier alpha value is -2.44. The molecule has 7 heteroatoms. The zero-order valence-electron chi connectivity index (χ0n) is 11.7. The average molecular weight is 294 g/mol. The number of carbonyl (C=O) groups is 2. The minimum atomic E-state index is -0.857. The van der Waals surface area contributed by atoms with E-state index in [1.165, 1.54) is 18.2 Å². The van der Waals surface area contributed by atoms with Gasteiger partial charge in [-0.3, -0.25) is 19.7 Å². The highest BCUT2D eigenvalue weighted by atomic mass is 16.6. The van der Waals surface area contributed by atoms with Crippen LogP contribution < -0.4 is 5.32 Å². The molecule has 0 aliphatic heterocycles. The lowest BCUT2D eigenvalue weighted by Gasteiger charge is -2.11. The Morgan fingerprint density at radius 1 is 1.43 bits per heavy atom. The van der Waals surface area contributed by atoms with Gasteiger partial charge in [-0.25, -0.2) is 0 Å². The Kier molecular flexibility index (Phi) is 6.32. The topological polar surface area (TPSA) is 110 Å². The first-order valence-corrected chi connectivity index (χ1v) is 6.60. The van der Waals surface area contributed by atoms with Gasteiger partial charge in [0.25, 0.3) is 5.69 Å². The molecule has 0 bridgehead atoms. The van der Waals surface area contributed by atoms with Gasteiger partial charge in [-0.15, -0.1) is 0 Å². The van der Waals surface area contributed by atoms with E-state index >= 15 is 0 Å². The van der Waals surface area contributed by atoms with Crippen LogP contribution in [0.15, 0.2) is 24.3 Å². The molecular formula is C14H18N2O5. The highest BCUT2D eigenvalue weighted by molar-refractivity contribution is 5.78. The maximum Gasteiger partial charge on any atom is 0.303 e. The Morgan fingerprint density at radius 2 is 2.14 bits per heavy atom. The number of rotatable bonds is 8. The second kappa shape index (κ2) is 7.98. The number of nitro benzene ring substituents is 1. The van der Waals surface area contributed by atoms with E-state index in [1.807, 2.05) is 6.92 Å². The van der Waals surface area contributed by atoms with Crippen molar-refractivity contribution in [2.24, 2.45) is 5.92 Å². The molecule has 21 heavy (non-hydrogen) atoms. The van der Waals surface area contributed by atoms with Gasteiger partial charge in [-0.1, -0.05) is 19.1 Å². The van der Waals surface area contributed by atoms with Crippen molar-refractivity contribution in [2.45, 2.75) is 26.2 Å². The van der Waals surface area contributed by atoms with Crippen LogP contribution in [0.2, 0.25) is 0 Å². The summed E-state index contributed by atoms with van der Waals surface area (Å²) in [6.07, 6.45) is 0.627. The fraction of sp³-hybridized carbons (Fsp3) is 0.429. The molecule has 0 aliphatic carbocycles. The van der Waals surface area contributed by atoms with Crippen LogP contribution in [0.3, 0.4) is 0 Å². The fourth-order valence-corrected chi connectivity index (χ4v) is 1.79. The number of nitrogens with one attached hydrogen (secondary N) is 1. The van der Waals surface area contributed by atoms with Crippen molar-refractivity contribution < 1.29 is 19.6 Å². The van der Waals surface area contributed by atoms with Crippen LogP contribution in [0.25, 0.3) is 0 Å². The summed E-state index contributed by atoms with van der Waals surface area (Å²) in [7, 11) is 0. The van der Waals surface area contributed by atoms with Crippen molar-refractivity contribution >= 4 is 17.6 Å². The number of hydrogen-bond donors (Lipinski definition) is 2. The maximum atomic E-state index is 11.7. The zero-order chi connectivity index (χ0) is 15.8. The van der Waals surface area contributed by atoms with Crippen LogP contribution in [0, 0.1) is 16.0 Å². The van der Waals surface area contributed by atoms with Gasteiger partial charge >= 0.3 is 5.97 Å². The molecule has 1 aromatic rings. The molecule has 0 heterocycles. The third-order valence-corrected chi connectivity index (χ3v) is 2.98. The molecule has 1 atom stereocenters. The third kappa shape index (κ3) is 6.51. The first-order chi connectivity index (χ1) is 9.88. The minimum Gasteiger partial charge on any atom is -0.481 e. The van der Waals surface area contributed by atoms with Gasteiger partial charge in [0.1, 0.15) is 0 Å². The van der Waals surface area contributed by atoms with E-state index in [0.717, 1.165) is 0 Å². The van der Waals surface area contributed by atoms with Gasteiger partial charge in [0.05, 0.1) is 11.3 Å². The van der Waals surface area contributed by atoms with E-state index < -0.39 is 10.9 Å². The molecular weight excluding hydrogens is 276 g/mol. The van der Waals surface area contributed by atoms with Crippen LogP contribution in [0.1, 0.15) is 25.3 Å². The molecule has 7 nitrogen and oxygen atoms in total. The normalized spacial score (nSPS) is 11.7. The van der Waals surface area contributed by atoms with Crippen LogP contribution in [-0.4, -0.2) is 28.5 Å². The summed E-state index contributed by atoms with van der Waals surface area (Å²) >= 11 is 0. The predicted octanol–water partition coefficient (Wildman–Crippen LogP) is 1.75. The molecule has 2 N–H and O–H groups in total. The number of carbonyl (C=O) groups excluding carboxylic acids is 1. The van der Waals surface area contributed by atoms with E-state index in [-0.39, 0.29) is 30.4 Å². The second-order valence-corrected chi connectivity index (χ2v) is 4.95. The number of non-ortho nitro benzene ring substituents is 1. The molecule has 1 amide bonds. The van der Waals surface area contributed by atoms with Gasteiger partial charge in [0, 0.05) is 25.1 Å². The van der Waals surface area contributed by atoms with Crippen molar-refractivity contribution in [3.05, 3.63) is 39.9 Å². The van der Waals surface area contributed by atoms with Crippen LogP contribution in [0.4, 0.5) is 5.69 Å². The van der Waals surface area contributed by atoms with E-state index in [4.69, 9.17) is 5.11 Å². The lowest BCUT2D eigenvalue weighted by Crippen LogP contribution is -2.29. The molecule has 0 aliphatic rings. The number of hydrogen-bond acceptors (Lipinski definition) is 4. The summed E-state index contributed by atoms with van der Waals surface area (Å²) in [4.78, 5) is 32.3. The first kappa shape index (κ1) is 16.6. The van der Waals surface area contributed by atoms with E-state index in [1.54, 1.807) is 6.07 Å². The summed E-state index contributed by atoms with van der Waals surface area (Å²) in [5.41, 5.74) is 0.523. The number of nitro groups is 1. The molecule has 0 fully saturated rings. The molecule has 114 valence electrons. The smallest absolute Gasteiger partial charge is 0.303 e. The van der Waals surface area contributed by atoms with Gasteiger partial charge < -0.3 is 10.4 Å². The Labute approximate surface area is 122 Å². The van der Waals surface area contributed by atoms with Crippen LogP contribution in [0.5, 0.6) is 0 Å². The summed E-state index contributed by atoms with van der Waals surface area (Å²) in [6, 6.07) is 5.93. The van der Waals surface area contributed by atoms with Gasteiger partial charge in [-0.05, 0) is 17.9 Å². The summed E-state index contributed by atoms with van der Waals surface area (Å²) in [5, 5.41) is 21.9. The van der Waals surface area contributed by atoms with Crippen molar-refractivity contribution in [1.82, 2.24) is 5.32 Å². The predicted molar refractivity (Wildman–Crippen MR) is 75.8 cm³/mol. The van der Waals surface area contributed by atoms with Crippen molar-refractivity contribution in [1.29, 1.82) is 0 Å². The first-order valence-electron chi connectivity index (χ1n) is 6.60. The molecule has 0 spiro atoms. The summed E-state index contributed by atoms with van der Waals surface area (Å²) in [5.74, 6) is -1.03. The zero-order valence-corrected chi connectivity index (χ0v) is 11.7. The van der Waals surface area contributed by atoms with Crippen molar-refractivity contribution in [2.75, 3.05) is 6.54 Å². The maximum absolute atomic E-state index is 11.7. The number of aliphatic carboxylic acids is 1. The monoisotopic (exact) mass is 294 g/mol.